The van der Waals surface area contributed by atoms with Crippen molar-refractivity contribution >= 4 is 17.5 Å². The van der Waals surface area contributed by atoms with Gasteiger partial charge >= 0.3 is 0 Å². The van der Waals surface area contributed by atoms with Crippen molar-refractivity contribution in [2.75, 3.05) is 17.2 Å². The van der Waals surface area contributed by atoms with Crippen molar-refractivity contribution in [1.82, 2.24) is 9.97 Å². The minimum Gasteiger partial charge on any atom is -0.491 e. The summed E-state index contributed by atoms with van der Waals surface area (Å²) in [5, 5.41) is 5.97. The molecule has 0 aliphatic heterocycles. The molecule has 0 bridgehead atoms. The summed E-state index contributed by atoms with van der Waals surface area (Å²) in [5.74, 6) is 1.08. The van der Waals surface area contributed by atoms with Crippen LogP contribution in [0.15, 0.2) is 36.7 Å². The number of aromatic nitrogens is 2. The Morgan fingerprint density at radius 1 is 1.12 bits per heavy atom. The zero-order valence-electron chi connectivity index (χ0n) is 15.1. The first kappa shape index (κ1) is 18.7. The monoisotopic (exact) mass is 342 g/mol. The van der Waals surface area contributed by atoms with E-state index in [0.717, 1.165) is 18.7 Å². The molecule has 2 aromatic rings. The van der Waals surface area contributed by atoms with Crippen molar-refractivity contribution < 1.29 is 9.53 Å². The third-order valence-electron chi connectivity index (χ3n) is 3.46. The van der Waals surface area contributed by atoms with E-state index in [-0.39, 0.29) is 12.0 Å². The Kier molecular flexibility index (Phi) is 7.19. The van der Waals surface area contributed by atoms with Crippen molar-refractivity contribution in [3.8, 4) is 5.75 Å². The molecule has 2 rings (SSSR count). The summed E-state index contributed by atoms with van der Waals surface area (Å²) in [7, 11) is 0. The van der Waals surface area contributed by atoms with Gasteiger partial charge in [0.05, 0.1) is 11.7 Å². The van der Waals surface area contributed by atoms with Crippen LogP contribution in [0.1, 0.15) is 50.4 Å². The average molecular weight is 342 g/mol. The normalized spacial score (nSPS) is 10.6. The van der Waals surface area contributed by atoms with Crippen LogP contribution in [0.5, 0.6) is 5.75 Å². The van der Waals surface area contributed by atoms with Gasteiger partial charge in [-0.1, -0.05) is 19.8 Å². The van der Waals surface area contributed by atoms with Crippen molar-refractivity contribution in [3.05, 3.63) is 42.2 Å². The topological polar surface area (TPSA) is 76.1 Å². The standard InChI is InChI=1S/C19H26N4O2/c1-4-5-6-11-20-19-21-12-15(13-22-19)18(24)23-16-7-9-17(10-8-16)25-14(2)3/h7-10,12-14H,4-6,11H2,1-3H3,(H,23,24)(H,20,21,22). The Hall–Kier alpha value is -2.63. The number of carbonyl (C=O) groups is 1. The van der Waals surface area contributed by atoms with E-state index in [1.54, 1.807) is 12.1 Å². The van der Waals surface area contributed by atoms with Gasteiger partial charge in [0, 0.05) is 24.6 Å². The van der Waals surface area contributed by atoms with Crippen molar-refractivity contribution in [1.29, 1.82) is 0 Å². The molecule has 0 saturated carbocycles. The summed E-state index contributed by atoms with van der Waals surface area (Å²) in [6.45, 7) is 6.94. The Morgan fingerprint density at radius 3 is 2.40 bits per heavy atom. The van der Waals surface area contributed by atoms with E-state index in [1.165, 1.54) is 25.2 Å². The lowest BCUT2D eigenvalue weighted by atomic mass is 10.2. The second kappa shape index (κ2) is 9.61. The minimum atomic E-state index is -0.241. The second-order valence-corrected chi connectivity index (χ2v) is 6.07. The fraction of sp³-hybridized carbons (Fsp3) is 0.421. The van der Waals surface area contributed by atoms with Crippen LogP contribution >= 0.6 is 0 Å². The zero-order valence-corrected chi connectivity index (χ0v) is 15.1. The van der Waals surface area contributed by atoms with E-state index >= 15 is 0 Å². The molecule has 6 nitrogen and oxygen atoms in total. The molecule has 1 amide bonds. The highest BCUT2D eigenvalue weighted by atomic mass is 16.5. The quantitative estimate of drug-likeness (QED) is 0.671. The Bertz CT molecular complexity index is 654. The molecule has 134 valence electrons. The maximum atomic E-state index is 12.2. The smallest absolute Gasteiger partial charge is 0.258 e. The van der Waals surface area contributed by atoms with Crippen molar-refractivity contribution in [3.63, 3.8) is 0 Å². The predicted molar refractivity (Wildman–Crippen MR) is 100 cm³/mol. The fourth-order valence-corrected chi connectivity index (χ4v) is 2.20. The number of rotatable bonds is 9. The van der Waals surface area contributed by atoms with Gasteiger partial charge in [-0.05, 0) is 44.5 Å². The van der Waals surface area contributed by atoms with Crippen LogP contribution in [-0.2, 0) is 0 Å². The maximum absolute atomic E-state index is 12.2. The molecule has 0 aliphatic rings. The molecule has 0 unspecified atom stereocenters. The number of benzene rings is 1. The van der Waals surface area contributed by atoms with E-state index in [0.29, 0.717) is 17.2 Å². The van der Waals surface area contributed by atoms with Gasteiger partial charge in [-0.2, -0.15) is 0 Å². The predicted octanol–water partition coefficient (Wildman–Crippen LogP) is 4.12. The van der Waals surface area contributed by atoms with E-state index in [2.05, 4.69) is 27.5 Å². The highest BCUT2D eigenvalue weighted by molar-refractivity contribution is 6.03. The third-order valence-corrected chi connectivity index (χ3v) is 3.46. The molecule has 2 N–H and O–H groups in total. The summed E-state index contributed by atoms with van der Waals surface area (Å²) in [5.41, 5.74) is 1.12. The molecule has 1 heterocycles. The van der Waals surface area contributed by atoms with Crippen LogP contribution in [0.4, 0.5) is 11.6 Å². The maximum Gasteiger partial charge on any atom is 0.258 e. The van der Waals surface area contributed by atoms with E-state index in [9.17, 15) is 4.79 Å². The van der Waals surface area contributed by atoms with Gasteiger partial charge in [-0.15, -0.1) is 0 Å². The number of hydrogen-bond acceptors (Lipinski definition) is 5. The molecule has 0 spiro atoms. The molecular weight excluding hydrogens is 316 g/mol. The van der Waals surface area contributed by atoms with Gasteiger partial charge in [-0.25, -0.2) is 9.97 Å². The highest BCUT2D eigenvalue weighted by Crippen LogP contribution is 2.17. The average Bonchev–Trinajstić information content (AvgIpc) is 2.60. The van der Waals surface area contributed by atoms with E-state index in [4.69, 9.17) is 4.74 Å². The number of nitrogens with one attached hydrogen (secondary N) is 2. The molecule has 0 radical (unpaired) electrons. The fourth-order valence-electron chi connectivity index (χ4n) is 2.20. The zero-order chi connectivity index (χ0) is 18.1. The number of hydrogen-bond donors (Lipinski definition) is 2. The SMILES string of the molecule is CCCCCNc1ncc(C(=O)Nc2ccc(OC(C)C)cc2)cn1. The molecule has 0 fully saturated rings. The highest BCUT2D eigenvalue weighted by Gasteiger charge is 2.08. The molecule has 1 aromatic carbocycles. The Labute approximate surface area is 149 Å². The Morgan fingerprint density at radius 2 is 1.80 bits per heavy atom. The molecule has 6 heteroatoms. The summed E-state index contributed by atoms with van der Waals surface area (Å²) in [6.07, 6.45) is 6.60. The third kappa shape index (κ3) is 6.41. The molecule has 1 aromatic heterocycles. The van der Waals surface area contributed by atoms with Gasteiger partial charge in [0.1, 0.15) is 5.75 Å². The minimum absolute atomic E-state index is 0.117. The first-order valence-corrected chi connectivity index (χ1v) is 8.72. The lowest BCUT2D eigenvalue weighted by Crippen LogP contribution is -2.14. The molecule has 0 saturated heterocycles. The largest absolute Gasteiger partial charge is 0.491 e. The number of amides is 1. The molecular formula is C19H26N4O2. The summed E-state index contributed by atoms with van der Waals surface area (Å²) in [4.78, 5) is 20.6. The van der Waals surface area contributed by atoms with Gasteiger partial charge in [-0.3, -0.25) is 4.79 Å². The number of unbranched alkanes of at least 4 members (excludes halogenated alkanes) is 2. The molecule has 0 aliphatic carbocycles. The van der Waals surface area contributed by atoms with Gasteiger partial charge in [0.25, 0.3) is 5.91 Å². The van der Waals surface area contributed by atoms with Crippen LogP contribution < -0.4 is 15.4 Å². The van der Waals surface area contributed by atoms with E-state index < -0.39 is 0 Å². The van der Waals surface area contributed by atoms with Crippen LogP contribution in [0.3, 0.4) is 0 Å². The lowest BCUT2D eigenvalue weighted by molar-refractivity contribution is 0.102. The van der Waals surface area contributed by atoms with Gasteiger partial charge in [0.2, 0.25) is 5.95 Å². The number of ether oxygens (including phenoxy) is 1. The van der Waals surface area contributed by atoms with E-state index in [1.807, 2.05) is 26.0 Å². The Balaban J connectivity index is 1.87. The number of carbonyl (C=O) groups excluding carboxylic acids is 1. The number of anilines is 2. The molecule has 25 heavy (non-hydrogen) atoms. The summed E-state index contributed by atoms with van der Waals surface area (Å²) >= 11 is 0. The van der Waals surface area contributed by atoms with Crippen molar-refractivity contribution in [2.24, 2.45) is 0 Å². The number of nitrogens with zero attached hydrogens (tertiary/aromatic N) is 2. The first-order valence-electron chi connectivity index (χ1n) is 8.72. The first-order chi connectivity index (χ1) is 12.1. The van der Waals surface area contributed by atoms with Crippen LogP contribution in [0, 0.1) is 0 Å². The summed E-state index contributed by atoms with van der Waals surface area (Å²) in [6, 6.07) is 7.27. The van der Waals surface area contributed by atoms with Crippen LogP contribution in [0.25, 0.3) is 0 Å². The summed E-state index contributed by atoms with van der Waals surface area (Å²) < 4.78 is 5.58. The lowest BCUT2D eigenvalue weighted by Gasteiger charge is -2.10. The van der Waals surface area contributed by atoms with Crippen LogP contribution in [0.2, 0.25) is 0 Å². The molecule has 0 atom stereocenters. The van der Waals surface area contributed by atoms with Crippen LogP contribution in [-0.4, -0.2) is 28.5 Å². The second-order valence-electron chi connectivity index (χ2n) is 6.07. The van der Waals surface area contributed by atoms with Gasteiger partial charge < -0.3 is 15.4 Å². The van der Waals surface area contributed by atoms with Gasteiger partial charge in [0.15, 0.2) is 0 Å². The van der Waals surface area contributed by atoms with Crippen molar-refractivity contribution in [2.45, 2.75) is 46.1 Å².